The molecule has 1 fully saturated rings. The lowest BCUT2D eigenvalue weighted by Crippen LogP contribution is -2.18. The van der Waals surface area contributed by atoms with Gasteiger partial charge in [0, 0.05) is 6.20 Å². The Morgan fingerprint density at radius 2 is 1.77 bits per heavy atom. The fraction of sp³-hybridized carbons (Fsp3) is 0.471. The number of aryl methyl sites for hydroxylation is 1. The summed E-state index contributed by atoms with van der Waals surface area (Å²) in [6, 6.07) is 9.24. The predicted octanol–water partition coefficient (Wildman–Crippen LogP) is 3.67. The third-order valence-electron chi connectivity index (χ3n) is 4.39. The van der Waals surface area contributed by atoms with Crippen molar-refractivity contribution in [1.82, 2.24) is 9.78 Å². The van der Waals surface area contributed by atoms with E-state index in [0.717, 1.165) is 24.1 Å². The fourth-order valence-corrected chi connectivity index (χ4v) is 4.47. The largest absolute Gasteiger partial charge is 0.265 e. The molecular formula is C17H22N2O2S. The Kier molecular flexibility index (Phi) is 4.34. The van der Waals surface area contributed by atoms with Gasteiger partial charge in [-0.05, 0) is 38.0 Å². The average molecular weight is 318 g/mol. The first-order valence-corrected chi connectivity index (χ1v) is 9.53. The van der Waals surface area contributed by atoms with Crippen molar-refractivity contribution >= 4 is 9.84 Å². The molecule has 1 saturated carbocycles. The van der Waals surface area contributed by atoms with Gasteiger partial charge in [0.25, 0.3) is 0 Å². The minimum Gasteiger partial charge on any atom is -0.265 e. The monoisotopic (exact) mass is 318 g/mol. The first-order chi connectivity index (χ1) is 10.6. The maximum absolute atomic E-state index is 12.6. The lowest BCUT2D eigenvalue weighted by Gasteiger charge is -2.24. The van der Waals surface area contributed by atoms with E-state index in [9.17, 15) is 8.42 Å². The van der Waals surface area contributed by atoms with Crippen LogP contribution < -0.4 is 0 Å². The molecule has 4 nitrogen and oxygen atoms in total. The van der Waals surface area contributed by atoms with Crippen molar-refractivity contribution in [1.29, 1.82) is 0 Å². The molecule has 0 saturated heterocycles. The maximum atomic E-state index is 12.6. The molecular weight excluding hydrogens is 296 g/mol. The van der Waals surface area contributed by atoms with Gasteiger partial charge in [-0.1, -0.05) is 37.0 Å². The lowest BCUT2D eigenvalue weighted by atomic mass is 9.95. The van der Waals surface area contributed by atoms with Crippen molar-refractivity contribution < 1.29 is 8.42 Å². The third kappa shape index (κ3) is 3.24. The second kappa shape index (κ2) is 6.24. The summed E-state index contributed by atoms with van der Waals surface area (Å²) in [5.74, 6) is 0.0204. The van der Waals surface area contributed by atoms with Crippen LogP contribution in [0.1, 0.15) is 49.4 Å². The quantitative estimate of drug-likeness (QED) is 0.864. The van der Waals surface area contributed by atoms with Crippen LogP contribution in [0.3, 0.4) is 0 Å². The van der Waals surface area contributed by atoms with E-state index in [2.05, 4.69) is 5.10 Å². The van der Waals surface area contributed by atoms with E-state index in [0.29, 0.717) is 10.9 Å². The topological polar surface area (TPSA) is 52.0 Å². The Bertz CT molecular complexity index is 726. The molecule has 0 spiro atoms. The van der Waals surface area contributed by atoms with Gasteiger partial charge in [0.1, 0.15) is 0 Å². The Morgan fingerprint density at radius 1 is 1.09 bits per heavy atom. The Hall–Kier alpha value is -1.62. The van der Waals surface area contributed by atoms with Crippen LogP contribution >= 0.6 is 0 Å². The highest BCUT2D eigenvalue weighted by Crippen LogP contribution is 2.29. The highest BCUT2D eigenvalue weighted by atomic mass is 32.2. The second-order valence-electron chi connectivity index (χ2n) is 6.13. The van der Waals surface area contributed by atoms with E-state index in [-0.39, 0.29) is 5.75 Å². The molecule has 2 aromatic rings. The third-order valence-corrected chi connectivity index (χ3v) is 6.06. The van der Waals surface area contributed by atoms with Gasteiger partial charge in [0.05, 0.1) is 22.4 Å². The molecule has 22 heavy (non-hydrogen) atoms. The summed E-state index contributed by atoms with van der Waals surface area (Å²) in [5, 5.41) is 4.38. The molecule has 1 heterocycles. The number of aromatic nitrogens is 2. The van der Waals surface area contributed by atoms with Crippen LogP contribution in [0.25, 0.3) is 0 Å². The minimum absolute atomic E-state index is 0.0204. The van der Waals surface area contributed by atoms with E-state index in [1.165, 1.54) is 19.3 Å². The van der Waals surface area contributed by atoms with Crippen LogP contribution in [0.15, 0.2) is 41.4 Å². The molecule has 0 atom stereocenters. The van der Waals surface area contributed by atoms with E-state index in [1.54, 1.807) is 18.3 Å². The molecule has 0 aliphatic heterocycles. The molecule has 0 bridgehead atoms. The number of sulfone groups is 1. The van der Waals surface area contributed by atoms with Gasteiger partial charge in [0.2, 0.25) is 0 Å². The summed E-state index contributed by atoms with van der Waals surface area (Å²) in [6.45, 7) is 1.95. The van der Waals surface area contributed by atoms with Gasteiger partial charge in [-0.2, -0.15) is 5.10 Å². The highest BCUT2D eigenvalue weighted by Gasteiger charge is 2.22. The lowest BCUT2D eigenvalue weighted by molar-refractivity contribution is 0.324. The Morgan fingerprint density at radius 3 is 2.45 bits per heavy atom. The van der Waals surface area contributed by atoms with Gasteiger partial charge in [-0.25, -0.2) is 8.42 Å². The molecule has 1 aromatic heterocycles. The second-order valence-corrected chi connectivity index (χ2v) is 8.12. The summed E-state index contributed by atoms with van der Waals surface area (Å²) in [4.78, 5) is 0.384. The number of hydrogen-bond acceptors (Lipinski definition) is 3. The zero-order valence-electron chi connectivity index (χ0n) is 12.9. The standard InChI is InChI=1S/C17H22N2O2S/c1-14-7-9-17(10-8-14)22(20,21)13-16-11-12-18-19(16)15-5-3-2-4-6-15/h7-12,15H,2-6,13H2,1H3. The molecule has 0 amide bonds. The van der Waals surface area contributed by atoms with Crippen molar-refractivity contribution in [3.63, 3.8) is 0 Å². The van der Waals surface area contributed by atoms with E-state index >= 15 is 0 Å². The zero-order chi connectivity index (χ0) is 15.6. The van der Waals surface area contributed by atoms with Gasteiger partial charge < -0.3 is 0 Å². The summed E-state index contributed by atoms with van der Waals surface area (Å²) < 4.78 is 27.1. The van der Waals surface area contributed by atoms with E-state index in [4.69, 9.17) is 0 Å². The number of rotatable bonds is 4. The first kappa shape index (κ1) is 15.3. The summed E-state index contributed by atoms with van der Waals surface area (Å²) in [5.41, 5.74) is 1.86. The van der Waals surface area contributed by atoms with Crippen LogP contribution in [0.2, 0.25) is 0 Å². The van der Waals surface area contributed by atoms with Crippen LogP contribution in [0, 0.1) is 6.92 Å². The minimum atomic E-state index is -3.32. The fourth-order valence-electron chi connectivity index (χ4n) is 3.13. The Labute approximate surface area is 132 Å². The molecule has 5 heteroatoms. The SMILES string of the molecule is Cc1ccc(S(=O)(=O)Cc2ccnn2C2CCCCC2)cc1. The number of benzene rings is 1. The first-order valence-electron chi connectivity index (χ1n) is 7.88. The molecule has 0 unspecified atom stereocenters. The van der Waals surface area contributed by atoms with Crippen LogP contribution in [0.5, 0.6) is 0 Å². The van der Waals surface area contributed by atoms with Gasteiger partial charge in [-0.3, -0.25) is 4.68 Å². The molecule has 1 aromatic carbocycles. The molecule has 1 aliphatic rings. The van der Waals surface area contributed by atoms with Gasteiger partial charge >= 0.3 is 0 Å². The van der Waals surface area contributed by atoms with Crippen LogP contribution in [0.4, 0.5) is 0 Å². The van der Waals surface area contributed by atoms with Crippen molar-refractivity contribution in [2.75, 3.05) is 0 Å². The van der Waals surface area contributed by atoms with Crippen LogP contribution in [-0.4, -0.2) is 18.2 Å². The van der Waals surface area contributed by atoms with Crippen molar-refractivity contribution in [2.24, 2.45) is 0 Å². The average Bonchev–Trinajstić information content (AvgIpc) is 2.96. The summed E-state index contributed by atoms with van der Waals surface area (Å²) >= 11 is 0. The van der Waals surface area contributed by atoms with Crippen molar-refractivity contribution in [2.45, 2.75) is 55.7 Å². The highest BCUT2D eigenvalue weighted by molar-refractivity contribution is 7.90. The Balaban J connectivity index is 1.83. The molecule has 118 valence electrons. The van der Waals surface area contributed by atoms with Crippen molar-refractivity contribution in [3.8, 4) is 0 Å². The molecule has 1 aliphatic carbocycles. The normalized spacial score (nSPS) is 16.8. The molecule has 0 radical (unpaired) electrons. The molecule has 3 rings (SSSR count). The number of hydrogen-bond donors (Lipinski definition) is 0. The summed E-state index contributed by atoms with van der Waals surface area (Å²) in [7, 11) is -3.32. The van der Waals surface area contributed by atoms with Crippen LogP contribution in [-0.2, 0) is 15.6 Å². The summed E-state index contributed by atoms with van der Waals surface area (Å²) in [6.07, 6.45) is 7.59. The van der Waals surface area contributed by atoms with E-state index < -0.39 is 9.84 Å². The zero-order valence-corrected chi connectivity index (χ0v) is 13.7. The van der Waals surface area contributed by atoms with Gasteiger partial charge in [-0.15, -0.1) is 0 Å². The number of nitrogens with zero attached hydrogens (tertiary/aromatic N) is 2. The van der Waals surface area contributed by atoms with Gasteiger partial charge in [0.15, 0.2) is 9.84 Å². The van der Waals surface area contributed by atoms with E-state index in [1.807, 2.05) is 29.8 Å². The molecule has 0 N–H and O–H groups in total. The maximum Gasteiger partial charge on any atom is 0.184 e. The van der Waals surface area contributed by atoms with Crippen molar-refractivity contribution in [3.05, 3.63) is 47.8 Å². The smallest absolute Gasteiger partial charge is 0.184 e. The predicted molar refractivity (Wildman–Crippen MR) is 86.4 cm³/mol.